The Kier molecular flexibility index (Phi) is 4.63. The normalized spacial score (nSPS) is 10.6. The maximum Gasteiger partial charge on any atom is 0.0548 e. The van der Waals surface area contributed by atoms with Gasteiger partial charge in [0.05, 0.1) is 5.02 Å². The lowest BCUT2D eigenvalue weighted by atomic mass is 10.1. The van der Waals surface area contributed by atoms with Crippen LogP contribution in [0.4, 0.5) is 5.69 Å². The van der Waals surface area contributed by atoms with Crippen molar-refractivity contribution in [3.63, 3.8) is 0 Å². The zero-order valence-electron chi connectivity index (χ0n) is 11.1. The molecule has 0 aliphatic carbocycles. The van der Waals surface area contributed by atoms with Crippen molar-refractivity contribution >= 4 is 44.6 Å². The third kappa shape index (κ3) is 3.49. The maximum absolute atomic E-state index is 6.02. The molecule has 0 amide bonds. The Balaban J connectivity index is 1.81. The summed E-state index contributed by atoms with van der Waals surface area (Å²) in [6.07, 6.45) is 0. The minimum Gasteiger partial charge on any atom is -0.380 e. The van der Waals surface area contributed by atoms with E-state index in [2.05, 4.69) is 63.0 Å². The number of rotatable bonds is 4. The molecule has 1 heterocycles. The van der Waals surface area contributed by atoms with E-state index in [0.29, 0.717) is 0 Å². The Labute approximate surface area is 141 Å². The van der Waals surface area contributed by atoms with E-state index in [0.717, 1.165) is 21.7 Å². The predicted octanol–water partition coefficient (Wildman–Crippen LogP) is 6.44. The molecule has 0 saturated heterocycles. The number of halogens is 2. The zero-order valence-corrected chi connectivity index (χ0v) is 14.3. The molecule has 106 valence electrons. The number of nitrogens with one attached hydrogen (secondary N) is 1. The third-order valence-corrected chi connectivity index (χ3v) is 5.30. The lowest BCUT2D eigenvalue weighted by molar-refractivity contribution is 1.15. The average Bonchev–Trinajstić information content (AvgIpc) is 3.03. The first-order valence-electron chi connectivity index (χ1n) is 6.55. The van der Waals surface area contributed by atoms with E-state index in [9.17, 15) is 0 Å². The molecule has 3 rings (SSSR count). The van der Waals surface area contributed by atoms with Crippen LogP contribution in [0.1, 0.15) is 5.56 Å². The largest absolute Gasteiger partial charge is 0.380 e. The fraction of sp³-hybridized carbons (Fsp3) is 0.0588. The first-order valence-corrected chi connectivity index (χ1v) is 8.60. The second-order valence-corrected chi connectivity index (χ2v) is 6.83. The van der Waals surface area contributed by atoms with Gasteiger partial charge < -0.3 is 5.32 Å². The monoisotopic (exact) mass is 377 g/mol. The van der Waals surface area contributed by atoms with Gasteiger partial charge in [-0.1, -0.05) is 41.9 Å². The highest BCUT2D eigenvalue weighted by atomic mass is 79.9. The molecule has 0 fully saturated rings. The molecule has 0 spiro atoms. The van der Waals surface area contributed by atoms with Crippen LogP contribution in [-0.2, 0) is 6.54 Å². The van der Waals surface area contributed by atoms with Crippen LogP contribution in [0.25, 0.3) is 10.4 Å². The van der Waals surface area contributed by atoms with Crippen LogP contribution < -0.4 is 5.32 Å². The van der Waals surface area contributed by atoms with Gasteiger partial charge in [-0.2, -0.15) is 0 Å². The number of para-hydroxylation sites is 1. The number of hydrogen-bond donors (Lipinski definition) is 1. The van der Waals surface area contributed by atoms with E-state index in [-0.39, 0.29) is 0 Å². The van der Waals surface area contributed by atoms with Crippen molar-refractivity contribution in [1.82, 2.24) is 0 Å². The summed E-state index contributed by atoms with van der Waals surface area (Å²) in [7, 11) is 0. The van der Waals surface area contributed by atoms with Crippen molar-refractivity contribution in [2.75, 3.05) is 5.32 Å². The van der Waals surface area contributed by atoms with E-state index < -0.39 is 0 Å². The van der Waals surface area contributed by atoms with Crippen LogP contribution in [0.5, 0.6) is 0 Å². The van der Waals surface area contributed by atoms with Crippen molar-refractivity contribution in [3.8, 4) is 10.4 Å². The summed E-state index contributed by atoms with van der Waals surface area (Å²) in [5.41, 5.74) is 3.57. The van der Waals surface area contributed by atoms with Crippen molar-refractivity contribution in [3.05, 3.63) is 75.0 Å². The topological polar surface area (TPSA) is 12.0 Å². The van der Waals surface area contributed by atoms with Crippen LogP contribution in [0, 0.1) is 0 Å². The molecule has 0 radical (unpaired) electrons. The molecule has 0 unspecified atom stereocenters. The van der Waals surface area contributed by atoms with Crippen LogP contribution in [0.3, 0.4) is 0 Å². The van der Waals surface area contributed by atoms with Crippen molar-refractivity contribution in [2.45, 2.75) is 6.54 Å². The van der Waals surface area contributed by atoms with E-state index in [1.807, 2.05) is 18.2 Å². The molecule has 1 aromatic heterocycles. The molecule has 1 nitrogen and oxygen atoms in total. The molecule has 0 saturated carbocycles. The van der Waals surface area contributed by atoms with Gasteiger partial charge in [0, 0.05) is 27.1 Å². The minimum absolute atomic E-state index is 0.734. The fourth-order valence-electron chi connectivity index (χ4n) is 2.13. The van der Waals surface area contributed by atoms with Gasteiger partial charge in [-0.05, 0) is 51.1 Å². The maximum atomic E-state index is 6.02. The Morgan fingerprint density at radius 2 is 1.90 bits per heavy atom. The smallest absolute Gasteiger partial charge is 0.0548 e. The molecular formula is C17H13BrClNS. The molecule has 0 bridgehead atoms. The number of anilines is 1. The number of benzene rings is 2. The standard InChI is InChI=1S/C17H13BrClNS/c18-14-10-12(7-8-15(14)19)11-20-16-5-2-1-4-13(16)17-6-3-9-21-17/h1-10,20H,11H2. The van der Waals surface area contributed by atoms with Gasteiger partial charge in [-0.3, -0.25) is 0 Å². The van der Waals surface area contributed by atoms with Crippen molar-refractivity contribution < 1.29 is 0 Å². The fourth-order valence-corrected chi connectivity index (χ4v) is 3.44. The van der Waals surface area contributed by atoms with Gasteiger partial charge in [0.25, 0.3) is 0 Å². The second kappa shape index (κ2) is 6.65. The molecule has 2 aromatic carbocycles. The highest BCUT2D eigenvalue weighted by molar-refractivity contribution is 9.10. The van der Waals surface area contributed by atoms with Crippen LogP contribution in [0.15, 0.2) is 64.5 Å². The average molecular weight is 379 g/mol. The van der Waals surface area contributed by atoms with E-state index in [1.54, 1.807) is 11.3 Å². The molecule has 21 heavy (non-hydrogen) atoms. The quantitative estimate of drug-likeness (QED) is 0.550. The number of hydrogen-bond acceptors (Lipinski definition) is 2. The summed E-state index contributed by atoms with van der Waals surface area (Å²) in [6, 6.07) is 18.6. The molecule has 1 N–H and O–H groups in total. The SMILES string of the molecule is Clc1ccc(CNc2ccccc2-c2cccs2)cc1Br. The van der Waals surface area contributed by atoms with E-state index in [1.165, 1.54) is 16.0 Å². The Bertz CT molecular complexity index is 740. The summed E-state index contributed by atoms with van der Waals surface area (Å²) >= 11 is 11.2. The predicted molar refractivity (Wildman–Crippen MR) is 96.2 cm³/mol. The van der Waals surface area contributed by atoms with Gasteiger partial charge in [-0.15, -0.1) is 11.3 Å². The molecule has 4 heteroatoms. The lowest BCUT2D eigenvalue weighted by Gasteiger charge is -2.11. The van der Waals surface area contributed by atoms with Crippen molar-refractivity contribution in [1.29, 1.82) is 0 Å². The van der Waals surface area contributed by atoms with Crippen LogP contribution in [0.2, 0.25) is 5.02 Å². The zero-order chi connectivity index (χ0) is 14.7. The van der Waals surface area contributed by atoms with Gasteiger partial charge in [-0.25, -0.2) is 0 Å². The number of thiophene rings is 1. The summed E-state index contributed by atoms with van der Waals surface area (Å²) in [4.78, 5) is 1.27. The highest BCUT2D eigenvalue weighted by Crippen LogP contribution is 2.32. The van der Waals surface area contributed by atoms with E-state index in [4.69, 9.17) is 11.6 Å². The summed E-state index contributed by atoms with van der Waals surface area (Å²) in [6.45, 7) is 0.762. The first kappa shape index (κ1) is 14.6. The van der Waals surface area contributed by atoms with Crippen LogP contribution in [-0.4, -0.2) is 0 Å². The lowest BCUT2D eigenvalue weighted by Crippen LogP contribution is -2.00. The van der Waals surface area contributed by atoms with E-state index >= 15 is 0 Å². The van der Waals surface area contributed by atoms with Gasteiger partial charge in [0.1, 0.15) is 0 Å². The molecule has 3 aromatic rings. The first-order chi connectivity index (χ1) is 10.2. The van der Waals surface area contributed by atoms with Crippen LogP contribution >= 0.6 is 38.9 Å². The van der Waals surface area contributed by atoms with Crippen molar-refractivity contribution in [2.24, 2.45) is 0 Å². The summed E-state index contributed by atoms with van der Waals surface area (Å²) < 4.78 is 0.926. The molecule has 0 atom stereocenters. The summed E-state index contributed by atoms with van der Waals surface area (Å²) in [5, 5.41) is 6.34. The second-order valence-electron chi connectivity index (χ2n) is 4.62. The molecular weight excluding hydrogens is 366 g/mol. The minimum atomic E-state index is 0.734. The van der Waals surface area contributed by atoms with Gasteiger partial charge >= 0.3 is 0 Å². The molecule has 0 aliphatic rings. The third-order valence-electron chi connectivity index (χ3n) is 3.18. The summed E-state index contributed by atoms with van der Waals surface area (Å²) in [5.74, 6) is 0. The Morgan fingerprint density at radius 3 is 2.67 bits per heavy atom. The Hall–Kier alpha value is -1.29. The van der Waals surface area contributed by atoms with Gasteiger partial charge in [0.15, 0.2) is 0 Å². The highest BCUT2D eigenvalue weighted by Gasteiger charge is 2.05. The molecule has 0 aliphatic heterocycles. The van der Waals surface area contributed by atoms with Gasteiger partial charge in [0.2, 0.25) is 0 Å². The Morgan fingerprint density at radius 1 is 1.05 bits per heavy atom.